The molecule has 23 heavy (non-hydrogen) atoms. The van der Waals surface area contributed by atoms with E-state index in [2.05, 4.69) is 69.3 Å². The van der Waals surface area contributed by atoms with E-state index in [-0.39, 0.29) is 0 Å². The van der Waals surface area contributed by atoms with Crippen molar-refractivity contribution in [1.82, 2.24) is 0 Å². The van der Waals surface area contributed by atoms with Crippen LogP contribution >= 0.6 is 0 Å². The van der Waals surface area contributed by atoms with Gasteiger partial charge in [-0.1, -0.05) is 69.3 Å². The van der Waals surface area contributed by atoms with Crippen molar-refractivity contribution in [2.45, 2.75) is 58.8 Å². The maximum atomic E-state index is 2.38. The van der Waals surface area contributed by atoms with Crippen molar-refractivity contribution < 1.29 is 0 Å². The van der Waals surface area contributed by atoms with Crippen LogP contribution in [0, 0.1) is 11.8 Å². The van der Waals surface area contributed by atoms with Crippen molar-refractivity contribution in [3.8, 4) is 11.1 Å². The van der Waals surface area contributed by atoms with Gasteiger partial charge in [-0.25, -0.2) is 0 Å². The third-order valence-corrected chi connectivity index (χ3v) is 5.79. The van der Waals surface area contributed by atoms with Gasteiger partial charge in [-0.05, 0) is 72.1 Å². The second-order valence-corrected chi connectivity index (χ2v) is 7.53. The van der Waals surface area contributed by atoms with Gasteiger partial charge in [0, 0.05) is 0 Å². The Morgan fingerprint density at radius 2 is 1.30 bits per heavy atom. The molecule has 3 rings (SSSR count). The van der Waals surface area contributed by atoms with E-state index in [1.807, 2.05) is 0 Å². The van der Waals surface area contributed by atoms with E-state index < -0.39 is 0 Å². The maximum absolute atomic E-state index is 2.38. The highest BCUT2D eigenvalue weighted by Crippen LogP contribution is 2.39. The molecule has 2 aromatic rings. The molecule has 1 aliphatic carbocycles. The summed E-state index contributed by atoms with van der Waals surface area (Å²) in [5.74, 6) is 2.58. The van der Waals surface area contributed by atoms with E-state index in [9.17, 15) is 0 Å². The highest BCUT2D eigenvalue weighted by atomic mass is 14.3. The number of aryl methyl sites for hydroxylation is 1. The lowest BCUT2D eigenvalue weighted by atomic mass is 9.74. The fourth-order valence-electron chi connectivity index (χ4n) is 4.00. The SMILES string of the molecule is CCc1ccc(-c2ccc(C3CCC(C(C)C)CC3)cc2)cc1. The molecule has 1 saturated carbocycles. The van der Waals surface area contributed by atoms with Crippen molar-refractivity contribution in [2.75, 3.05) is 0 Å². The molecule has 0 atom stereocenters. The molecular weight excluding hydrogens is 276 g/mol. The monoisotopic (exact) mass is 306 g/mol. The van der Waals surface area contributed by atoms with Gasteiger partial charge in [0.25, 0.3) is 0 Å². The first-order valence-electron chi connectivity index (χ1n) is 9.36. The Balaban J connectivity index is 1.67. The normalized spacial score (nSPS) is 21.6. The fraction of sp³-hybridized carbons (Fsp3) is 0.478. The standard InChI is InChI=1S/C23H30/c1-4-18-5-7-20(8-6-18)22-13-15-23(16-14-22)21-11-9-19(10-12-21)17(2)3/h5-8,13-17,19,21H,4,9-12H2,1-3H3. The highest BCUT2D eigenvalue weighted by molar-refractivity contribution is 5.64. The van der Waals surface area contributed by atoms with Crippen LogP contribution in [0.5, 0.6) is 0 Å². The van der Waals surface area contributed by atoms with Crippen LogP contribution < -0.4 is 0 Å². The minimum Gasteiger partial charge on any atom is -0.0625 e. The minimum atomic E-state index is 0.779. The van der Waals surface area contributed by atoms with Gasteiger partial charge in [-0.15, -0.1) is 0 Å². The summed E-state index contributed by atoms with van der Waals surface area (Å²) in [7, 11) is 0. The van der Waals surface area contributed by atoms with Crippen molar-refractivity contribution in [3.63, 3.8) is 0 Å². The molecular formula is C23H30. The molecule has 0 spiro atoms. The van der Waals surface area contributed by atoms with Crippen molar-refractivity contribution in [3.05, 3.63) is 59.7 Å². The number of hydrogen-bond acceptors (Lipinski definition) is 0. The van der Waals surface area contributed by atoms with Gasteiger partial charge in [-0.2, -0.15) is 0 Å². The first kappa shape index (κ1) is 16.3. The Kier molecular flexibility index (Phi) is 5.20. The fourth-order valence-corrected chi connectivity index (χ4v) is 4.00. The van der Waals surface area contributed by atoms with E-state index >= 15 is 0 Å². The molecule has 0 aromatic heterocycles. The zero-order chi connectivity index (χ0) is 16.2. The average Bonchev–Trinajstić information content (AvgIpc) is 2.62. The second-order valence-electron chi connectivity index (χ2n) is 7.53. The van der Waals surface area contributed by atoms with Gasteiger partial charge in [0.2, 0.25) is 0 Å². The molecule has 0 unspecified atom stereocenters. The third kappa shape index (κ3) is 3.86. The Morgan fingerprint density at radius 1 is 0.783 bits per heavy atom. The predicted octanol–water partition coefficient (Wildman–Crippen LogP) is 6.85. The Morgan fingerprint density at radius 3 is 1.78 bits per heavy atom. The predicted molar refractivity (Wildman–Crippen MR) is 101 cm³/mol. The number of benzene rings is 2. The largest absolute Gasteiger partial charge is 0.0625 e. The number of hydrogen-bond donors (Lipinski definition) is 0. The van der Waals surface area contributed by atoms with Crippen LogP contribution in [0.4, 0.5) is 0 Å². The zero-order valence-electron chi connectivity index (χ0n) is 14.9. The number of rotatable bonds is 4. The first-order chi connectivity index (χ1) is 11.2. The molecule has 1 fully saturated rings. The van der Waals surface area contributed by atoms with Gasteiger partial charge >= 0.3 is 0 Å². The molecule has 0 bridgehead atoms. The van der Waals surface area contributed by atoms with Crippen LogP contribution in [0.15, 0.2) is 48.5 Å². The van der Waals surface area contributed by atoms with Gasteiger partial charge < -0.3 is 0 Å². The molecule has 0 radical (unpaired) electrons. The van der Waals surface area contributed by atoms with Gasteiger partial charge in [0.05, 0.1) is 0 Å². The molecule has 0 nitrogen and oxygen atoms in total. The summed E-state index contributed by atoms with van der Waals surface area (Å²) >= 11 is 0. The summed E-state index contributed by atoms with van der Waals surface area (Å²) in [4.78, 5) is 0. The van der Waals surface area contributed by atoms with Crippen LogP contribution in [0.1, 0.15) is 63.5 Å². The van der Waals surface area contributed by atoms with E-state index in [1.54, 1.807) is 5.56 Å². The van der Waals surface area contributed by atoms with E-state index in [0.717, 1.165) is 24.2 Å². The Hall–Kier alpha value is -1.56. The van der Waals surface area contributed by atoms with Gasteiger partial charge in [0.15, 0.2) is 0 Å². The van der Waals surface area contributed by atoms with Crippen LogP contribution in [-0.2, 0) is 6.42 Å². The lowest BCUT2D eigenvalue weighted by molar-refractivity contribution is 0.259. The topological polar surface area (TPSA) is 0 Å². The molecule has 0 heterocycles. The molecule has 0 aliphatic heterocycles. The Labute approximate surface area is 141 Å². The zero-order valence-corrected chi connectivity index (χ0v) is 14.9. The second kappa shape index (κ2) is 7.34. The van der Waals surface area contributed by atoms with Crippen LogP contribution in [0.25, 0.3) is 11.1 Å². The molecule has 0 amide bonds. The summed E-state index contributed by atoms with van der Waals surface area (Å²) in [5, 5.41) is 0. The van der Waals surface area contributed by atoms with E-state index in [1.165, 1.54) is 42.4 Å². The Bertz CT molecular complexity index is 595. The minimum absolute atomic E-state index is 0.779. The molecule has 0 N–H and O–H groups in total. The van der Waals surface area contributed by atoms with Gasteiger partial charge in [0.1, 0.15) is 0 Å². The lowest BCUT2D eigenvalue weighted by Gasteiger charge is -2.31. The molecule has 2 aromatic carbocycles. The smallest absolute Gasteiger partial charge is 0.0162 e. The lowest BCUT2D eigenvalue weighted by Crippen LogP contribution is -2.17. The first-order valence-corrected chi connectivity index (χ1v) is 9.36. The van der Waals surface area contributed by atoms with Crippen molar-refractivity contribution in [2.24, 2.45) is 11.8 Å². The molecule has 0 heteroatoms. The average molecular weight is 306 g/mol. The van der Waals surface area contributed by atoms with E-state index in [4.69, 9.17) is 0 Å². The summed E-state index contributed by atoms with van der Waals surface area (Å²) in [6, 6.07) is 18.3. The molecule has 1 aliphatic rings. The third-order valence-electron chi connectivity index (χ3n) is 5.79. The molecule has 0 saturated heterocycles. The van der Waals surface area contributed by atoms with Gasteiger partial charge in [-0.3, -0.25) is 0 Å². The summed E-state index contributed by atoms with van der Waals surface area (Å²) in [5.41, 5.74) is 5.62. The van der Waals surface area contributed by atoms with E-state index in [0.29, 0.717) is 0 Å². The highest BCUT2D eigenvalue weighted by Gasteiger charge is 2.24. The van der Waals surface area contributed by atoms with Crippen LogP contribution in [0.3, 0.4) is 0 Å². The molecule has 122 valence electrons. The van der Waals surface area contributed by atoms with Crippen molar-refractivity contribution >= 4 is 0 Å². The van der Waals surface area contributed by atoms with Crippen LogP contribution in [0.2, 0.25) is 0 Å². The van der Waals surface area contributed by atoms with Crippen LogP contribution in [-0.4, -0.2) is 0 Å². The quantitative estimate of drug-likeness (QED) is 0.579. The van der Waals surface area contributed by atoms with Crippen molar-refractivity contribution in [1.29, 1.82) is 0 Å². The summed E-state index contributed by atoms with van der Waals surface area (Å²) < 4.78 is 0. The summed E-state index contributed by atoms with van der Waals surface area (Å²) in [6.07, 6.45) is 6.66. The maximum Gasteiger partial charge on any atom is -0.0162 e. The summed E-state index contributed by atoms with van der Waals surface area (Å²) in [6.45, 7) is 6.96.